The largest absolute Gasteiger partial charge is 0.326 e. The summed E-state index contributed by atoms with van der Waals surface area (Å²) in [5, 5.41) is 3.04. The van der Waals surface area contributed by atoms with Gasteiger partial charge in [-0.15, -0.1) is 0 Å². The second-order valence-corrected chi connectivity index (χ2v) is 7.84. The minimum atomic E-state index is -0.303. The molecule has 1 aliphatic heterocycles. The first-order valence-corrected chi connectivity index (χ1v) is 10.2. The van der Waals surface area contributed by atoms with Gasteiger partial charge >= 0.3 is 0 Å². The highest BCUT2D eigenvalue weighted by atomic mass is 16.2. The maximum atomic E-state index is 12.9. The maximum absolute atomic E-state index is 12.9. The van der Waals surface area contributed by atoms with Gasteiger partial charge < -0.3 is 10.2 Å². The Morgan fingerprint density at radius 2 is 1.73 bits per heavy atom. The monoisotopic (exact) mass is 394 g/mol. The Hall–Kier alpha value is -3.66. The van der Waals surface area contributed by atoms with Crippen LogP contribution in [0.2, 0.25) is 0 Å². The van der Waals surface area contributed by atoms with E-state index in [2.05, 4.69) is 41.7 Å². The summed E-state index contributed by atoms with van der Waals surface area (Å²) in [6, 6.07) is 22.1. The molecular weight excluding hydrogens is 372 g/mol. The van der Waals surface area contributed by atoms with Crippen molar-refractivity contribution >= 4 is 23.6 Å². The van der Waals surface area contributed by atoms with Crippen LogP contribution in [0.5, 0.6) is 0 Å². The molecule has 5 rings (SSSR count). The summed E-state index contributed by atoms with van der Waals surface area (Å²) in [5.41, 5.74) is 7.88. The van der Waals surface area contributed by atoms with Crippen molar-refractivity contribution in [2.24, 2.45) is 0 Å². The van der Waals surface area contributed by atoms with Crippen molar-refractivity contribution < 1.29 is 9.59 Å². The Bertz CT molecular complexity index is 1200. The zero-order valence-electron chi connectivity index (χ0n) is 16.8. The predicted octanol–water partition coefficient (Wildman–Crippen LogP) is 5.16. The summed E-state index contributed by atoms with van der Waals surface area (Å²) in [7, 11) is 0. The average Bonchev–Trinajstić information content (AvgIpc) is 3.11. The van der Waals surface area contributed by atoms with Crippen molar-refractivity contribution in [1.29, 1.82) is 0 Å². The van der Waals surface area contributed by atoms with Crippen LogP contribution >= 0.6 is 0 Å². The van der Waals surface area contributed by atoms with E-state index in [9.17, 15) is 9.59 Å². The third-order valence-corrected chi connectivity index (χ3v) is 5.93. The van der Waals surface area contributed by atoms with E-state index in [1.807, 2.05) is 36.4 Å². The molecule has 1 aliphatic carbocycles. The second-order valence-electron chi connectivity index (χ2n) is 7.84. The lowest BCUT2D eigenvalue weighted by atomic mass is 9.93. The lowest BCUT2D eigenvalue weighted by Crippen LogP contribution is -2.33. The van der Waals surface area contributed by atoms with E-state index in [1.54, 1.807) is 11.1 Å². The fourth-order valence-corrected chi connectivity index (χ4v) is 4.52. The zero-order chi connectivity index (χ0) is 20.7. The summed E-state index contributed by atoms with van der Waals surface area (Å²) in [4.78, 5) is 26.7. The van der Waals surface area contributed by atoms with Crippen molar-refractivity contribution in [3.63, 3.8) is 0 Å². The van der Waals surface area contributed by atoms with E-state index in [4.69, 9.17) is 0 Å². The van der Waals surface area contributed by atoms with E-state index in [1.165, 1.54) is 29.2 Å². The molecule has 1 N–H and O–H groups in total. The van der Waals surface area contributed by atoms with Gasteiger partial charge in [-0.2, -0.15) is 0 Å². The summed E-state index contributed by atoms with van der Waals surface area (Å²) in [5.74, 6) is -0.180. The predicted molar refractivity (Wildman–Crippen MR) is 119 cm³/mol. The lowest BCUT2D eigenvalue weighted by Gasteiger charge is -2.32. The van der Waals surface area contributed by atoms with Crippen LogP contribution in [0.25, 0.3) is 17.2 Å². The van der Waals surface area contributed by atoms with Crippen LogP contribution in [0.3, 0.4) is 0 Å². The lowest BCUT2D eigenvalue weighted by molar-refractivity contribution is -0.129. The van der Waals surface area contributed by atoms with E-state index >= 15 is 0 Å². The SMILES string of the molecule is CC(=O)N1C=Cc2ccccc2C1CC(=O)Nc1ccc2c(c1)Cc1ccccc1-2. The number of nitrogens with one attached hydrogen (secondary N) is 1. The fourth-order valence-electron chi connectivity index (χ4n) is 4.52. The second kappa shape index (κ2) is 7.30. The van der Waals surface area contributed by atoms with E-state index in [0.717, 1.165) is 23.2 Å². The van der Waals surface area contributed by atoms with Gasteiger partial charge in [-0.3, -0.25) is 9.59 Å². The molecule has 1 heterocycles. The number of hydrogen-bond donors (Lipinski definition) is 1. The number of amides is 2. The molecule has 3 aromatic carbocycles. The van der Waals surface area contributed by atoms with Crippen LogP contribution in [0.4, 0.5) is 5.69 Å². The molecule has 148 valence electrons. The number of carbonyl (C=O) groups excluding carboxylic acids is 2. The zero-order valence-corrected chi connectivity index (χ0v) is 16.8. The number of rotatable bonds is 3. The molecule has 0 saturated heterocycles. The Kier molecular flexibility index (Phi) is 4.47. The molecule has 2 aliphatic rings. The van der Waals surface area contributed by atoms with Gasteiger partial charge in [0.15, 0.2) is 0 Å². The average molecular weight is 394 g/mol. The van der Waals surface area contributed by atoms with Gasteiger partial charge in [0.2, 0.25) is 11.8 Å². The number of carbonyl (C=O) groups is 2. The number of nitrogens with zero attached hydrogens (tertiary/aromatic N) is 1. The molecule has 3 aromatic rings. The van der Waals surface area contributed by atoms with Crippen LogP contribution < -0.4 is 5.32 Å². The van der Waals surface area contributed by atoms with Crippen molar-refractivity contribution in [3.8, 4) is 11.1 Å². The number of benzene rings is 3. The highest BCUT2D eigenvalue weighted by Crippen LogP contribution is 2.38. The number of fused-ring (bicyclic) bond motifs is 4. The Morgan fingerprint density at radius 1 is 0.967 bits per heavy atom. The van der Waals surface area contributed by atoms with Crippen molar-refractivity contribution in [3.05, 3.63) is 95.2 Å². The topological polar surface area (TPSA) is 49.4 Å². The first-order chi connectivity index (χ1) is 14.6. The molecule has 4 nitrogen and oxygen atoms in total. The van der Waals surface area contributed by atoms with Crippen LogP contribution in [0, 0.1) is 0 Å². The Balaban J connectivity index is 1.36. The van der Waals surface area contributed by atoms with Crippen LogP contribution in [-0.4, -0.2) is 16.7 Å². The molecule has 0 fully saturated rings. The quantitative estimate of drug-likeness (QED) is 0.522. The normalized spacial score (nSPS) is 15.9. The van der Waals surface area contributed by atoms with Crippen LogP contribution in [-0.2, 0) is 16.0 Å². The molecule has 4 heteroatoms. The van der Waals surface area contributed by atoms with E-state index in [0.29, 0.717) is 0 Å². The summed E-state index contributed by atoms with van der Waals surface area (Å²) in [6.07, 6.45) is 4.78. The Labute approximate surface area is 175 Å². The minimum absolute atomic E-state index is 0.0751. The van der Waals surface area contributed by atoms with Crippen LogP contribution in [0.15, 0.2) is 72.9 Å². The molecule has 2 amide bonds. The van der Waals surface area contributed by atoms with Gasteiger partial charge in [0, 0.05) is 18.8 Å². The maximum Gasteiger partial charge on any atom is 0.226 e. The highest BCUT2D eigenvalue weighted by molar-refractivity contribution is 5.93. The standard InChI is InChI=1S/C26H22N2O2/c1-17(29)28-13-12-18-6-2-5-9-24(18)25(28)16-26(30)27-21-10-11-23-20(15-21)14-19-7-3-4-8-22(19)23/h2-13,15,25H,14,16H2,1H3,(H,27,30). The van der Waals surface area contributed by atoms with Crippen molar-refractivity contribution in [1.82, 2.24) is 4.90 Å². The Morgan fingerprint density at radius 3 is 2.60 bits per heavy atom. The van der Waals surface area contributed by atoms with E-state index < -0.39 is 0 Å². The summed E-state index contributed by atoms with van der Waals surface area (Å²) < 4.78 is 0. The van der Waals surface area contributed by atoms with Gasteiger partial charge in [0.1, 0.15) is 0 Å². The summed E-state index contributed by atoms with van der Waals surface area (Å²) in [6.45, 7) is 1.53. The molecule has 0 saturated carbocycles. The molecule has 0 spiro atoms. The smallest absolute Gasteiger partial charge is 0.226 e. The minimum Gasteiger partial charge on any atom is -0.326 e. The molecule has 1 atom stereocenters. The van der Waals surface area contributed by atoms with Crippen molar-refractivity contribution in [2.75, 3.05) is 5.32 Å². The van der Waals surface area contributed by atoms with E-state index in [-0.39, 0.29) is 24.3 Å². The van der Waals surface area contributed by atoms with Crippen molar-refractivity contribution in [2.45, 2.75) is 25.8 Å². The van der Waals surface area contributed by atoms with Gasteiger partial charge in [-0.05, 0) is 58.0 Å². The van der Waals surface area contributed by atoms with Gasteiger partial charge in [0.25, 0.3) is 0 Å². The molecular formula is C26H22N2O2. The molecule has 0 bridgehead atoms. The molecule has 0 radical (unpaired) electrons. The third-order valence-electron chi connectivity index (χ3n) is 5.93. The third kappa shape index (κ3) is 3.20. The summed E-state index contributed by atoms with van der Waals surface area (Å²) >= 11 is 0. The first-order valence-electron chi connectivity index (χ1n) is 10.2. The fraction of sp³-hybridized carbons (Fsp3) is 0.154. The molecule has 30 heavy (non-hydrogen) atoms. The molecule has 1 unspecified atom stereocenters. The van der Waals surface area contributed by atoms with Gasteiger partial charge in [-0.25, -0.2) is 0 Å². The molecule has 0 aromatic heterocycles. The van der Waals surface area contributed by atoms with Gasteiger partial charge in [0.05, 0.1) is 12.5 Å². The first kappa shape index (κ1) is 18.4. The van der Waals surface area contributed by atoms with Gasteiger partial charge in [-0.1, -0.05) is 54.6 Å². The highest BCUT2D eigenvalue weighted by Gasteiger charge is 2.28. The number of anilines is 1. The number of hydrogen-bond acceptors (Lipinski definition) is 2. The van der Waals surface area contributed by atoms with Crippen LogP contribution in [0.1, 0.15) is 41.6 Å².